The third-order valence-corrected chi connectivity index (χ3v) is 5.11. The van der Waals surface area contributed by atoms with Crippen molar-refractivity contribution in [3.63, 3.8) is 0 Å². The molecule has 3 rings (SSSR count). The largest absolute Gasteiger partial charge is 0.481 e. The number of hydrogen-bond donors (Lipinski definition) is 3. The third kappa shape index (κ3) is 4.23. The molecule has 2 aromatic rings. The van der Waals surface area contributed by atoms with Gasteiger partial charge in [0.2, 0.25) is 0 Å². The smallest absolute Gasteiger partial charge is 0.333 e. The summed E-state index contributed by atoms with van der Waals surface area (Å²) in [5.74, 6) is -0.729. The van der Waals surface area contributed by atoms with Gasteiger partial charge >= 0.3 is 11.7 Å². The Morgan fingerprint density at radius 3 is 2.75 bits per heavy atom. The van der Waals surface area contributed by atoms with Gasteiger partial charge in [0.1, 0.15) is 11.8 Å². The Kier molecular flexibility index (Phi) is 6.11. The lowest BCUT2D eigenvalue weighted by Gasteiger charge is -2.22. The zero-order valence-corrected chi connectivity index (χ0v) is 15.5. The van der Waals surface area contributed by atoms with Crippen molar-refractivity contribution in [2.75, 3.05) is 19.6 Å². The number of amides is 1. The molecule has 0 bridgehead atoms. The predicted molar refractivity (Wildman–Crippen MR) is 101 cm³/mol. The molecule has 2 aromatic heterocycles. The van der Waals surface area contributed by atoms with E-state index in [0.29, 0.717) is 23.5 Å². The first-order valence-corrected chi connectivity index (χ1v) is 9.37. The zero-order valence-electron chi connectivity index (χ0n) is 15.5. The summed E-state index contributed by atoms with van der Waals surface area (Å²) in [5, 5.41) is 24.4. The lowest BCUT2D eigenvalue weighted by atomic mass is 9.95. The molecule has 0 aliphatic carbocycles. The van der Waals surface area contributed by atoms with Crippen molar-refractivity contribution in [1.82, 2.24) is 19.6 Å². The number of aromatic nitrogens is 2. The highest BCUT2D eigenvalue weighted by Gasteiger charge is 2.17. The minimum absolute atomic E-state index is 0.0871. The molecular weight excluding hydrogens is 362 g/mol. The number of imidazole rings is 1. The third-order valence-electron chi connectivity index (χ3n) is 5.11. The number of carboxylic acids is 1. The quantitative estimate of drug-likeness (QED) is 0.639. The SMILES string of the molecule is N#Cc1c2ccc(C(=O)NCCC3CCNCC3)cn2c(=O)n1CCC(=O)O. The lowest BCUT2D eigenvalue weighted by Crippen LogP contribution is -2.31. The highest BCUT2D eigenvalue weighted by Crippen LogP contribution is 2.15. The monoisotopic (exact) mass is 385 g/mol. The van der Waals surface area contributed by atoms with E-state index in [9.17, 15) is 19.6 Å². The molecule has 148 valence electrons. The first kappa shape index (κ1) is 19.6. The Balaban J connectivity index is 1.74. The number of nitriles is 1. The van der Waals surface area contributed by atoms with Crippen LogP contribution in [0.2, 0.25) is 0 Å². The topological polar surface area (TPSA) is 129 Å². The van der Waals surface area contributed by atoms with Crippen LogP contribution in [0.4, 0.5) is 0 Å². The second-order valence-electron chi connectivity index (χ2n) is 6.95. The van der Waals surface area contributed by atoms with Gasteiger partial charge in [-0.3, -0.25) is 18.6 Å². The van der Waals surface area contributed by atoms with Crippen LogP contribution < -0.4 is 16.3 Å². The summed E-state index contributed by atoms with van der Waals surface area (Å²) in [4.78, 5) is 35.8. The first-order chi connectivity index (χ1) is 13.5. The molecule has 3 N–H and O–H groups in total. The van der Waals surface area contributed by atoms with E-state index in [2.05, 4.69) is 10.6 Å². The van der Waals surface area contributed by atoms with Crippen molar-refractivity contribution in [2.45, 2.75) is 32.2 Å². The van der Waals surface area contributed by atoms with E-state index in [1.165, 1.54) is 10.6 Å². The summed E-state index contributed by atoms with van der Waals surface area (Å²) in [6.45, 7) is 2.49. The summed E-state index contributed by atoms with van der Waals surface area (Å²) in [5.41, 5.74) is 0.227. The van der Waals surface area contributed by atoms with Crippen LogP contribution in [-0.2, 0) is 11.3 Å². The van der Waals surface area contributed by atoms with Crippen LogP contribution in [0.1, 0.15) is 41.7 Å². The summed E-state index contributed by atoms with van der Waals surface area (Å²) in [6.07, 6.45) is 4.26. The molecule has 0 unspecified atom stereocenters. The molecule has 1 amide bonds. The summed E-state index contributed by atoms with van der Waals surface area (Å²) in [7, 11) is 0. The number of carbonyl (C=O) groups excluding carboxylic acids is 1. The average Bonchev–Trinajstić information content (AvgIpc) is 2.97. The number of nitrogens with zero attached hydrogens (tertiary/aromatic N) is 3. The molecule has 9 heteroatoms. The molecule has 0 spiro atoms. The van der Waals surface area contributed by atoms with Crippen LogP contribution >= 0.6 is 0 Å². The van der Waals surface area contributed by atoms with Crippen LogP contribution in [-0.4, -0.2) is 45.6 Å². The van der Waals surface area contributed by atoms with Crippen LogP contribution in [0.25, 0.3) is 5.52 Å². The number of aliphatic carboxylic acids is 1. The van der Waals surface area contributed by atoms with Crippen molar-refractivity contribution in [2.24, 2.45) is 5.92 Å². The molecule has 1 saturated heterocycles. The number of rotatable bonds is 7. The summed E-state index contributed by atoms with van der Waals surface area (Å²) >= 11 is 0. The lowest BCUT2D eigenvalue weighted by molar-refractivity contribution is -0.137. The number of hydrogen-bond acceptors (Lipinski definition) is 5. The van der Waals surface area contributed by atoms with Crippen molar-refractivity contribution in [3.8, 4) is 6.07 Å². The normalized spacial score (nSPS) is 14.7. The number of piperidine rings is 1. The van der Waals surface area contributed by atoms with Gasteiger partial charge in [-0.1, -0.05) is 0 Å². The van der Waals surface area contributed by atoms with E-state index in [1.54, 1.807) is 12.1 Å². The molecule has 9 nitrogen and oxygen atoms in total. The molecular formula is C19H23N5O4. The number of fused-ring (bicyclic) bond motifs is 1. The number of pyridine rings is 1. The minimum atomic E-state index is -1.06. The molecule has 3 heterocycles. The van der Waals surface area contributed by atoms with E-state index < -0.39 is 11.7 Å². The molecule has 0 radical (unpaired) electrons. The molecule has 0 atom stereocenters. The van der Waals surface area contributed by atoms with Crippen LogP contribution in [0, 0.1) is 17.2 Å². The van der Waals surface area contributed by atoms with Crippen LogP contribution in [0.3, 0.4) is 0 Å². The minimum Gasteiger partial charge on any atom is -0.481 e. The van der Waals surface area contributed by atoms with Gasteiger partial charge in [-0.2, -0.15) is 5.26 Å². The maximum Gasteiger partial charge on any atom is 0.333 e. The fraction of sp³-hybridized carbons (Fsp3) is 0.474. The summed E-state index contributed by atoms with van der Waals surface area (Å²) < 4.78 is 2.35. The van der Waals surface area contributed by atoms with Crippen LogP contribution in [0.15, 0.2) is 23.1 Å². The Labute approximate surface area is 161 Å². The fourth-order valence-corrected chi connectivity index (χ4v) is 3.55. The molecule has 0 saturated carbocycles. The molecule has 0 aromatic carbocycles. The highest BCUT2D eigenvalue weighted by atomic mass is 16.4. The Hall–Kier alpha value is -3.12. The van der Waals surface area contributed by atoms with Crippen molar-refractivity contribution >= 4 is 17.4 Å². The Bertz CT molecular complexity index is 979. The number of carbonyl (C=O) groups is 2. The fourth-order valence-electron chi connectivity index (χ4n) is 3.55. The van der Waals surface area contributed by atoms with E-state index >= 15 is 0 Å². The molecule has 1 fully saturated rings. The van der Waals surface area contributed by atoms with Crippen molar-refractivity contribution in [1.29, 1.82) is 5.26 Å². The van der Waals surface area contributed by atoms with Gasteiger partial charge < -0.3 is 15.7 Å². The standard InChI is InChI=1S/C19H23N5O4/c20-11-16-15-2-1-14(12-24(15)19(28)23(16)10-6-17(25)26)18(27)22-9-5-13-3-7-21-8-4-13/h1-2,12-13,21H,3-10H2,(H,22,27)(H,25,26). The van der Waals surface area contributed by atoms with E-state index in [0.717, 1.165) is 36.9 Å². The van der Waals surface area contributed by atoms with Gasteiger partial charge in [-0.05, 0) is 50.4 Å². The predicted octanol–water partition coefficient (Wildman–Crippen LogP) is 0.567. The van der Waals surface area contributed by atoms with Gasteiger partial charge in [0.25, 0.3) is 5.91 Å². The highest BCUT2D eigenvalue weighted by molar-refractivity contribution is 5.94. The molecule has 1 aliphatic heterocycles. The average molecular weight is 385 g/mol. The number of nitrogens with one attached hydrogen (secondary N) is 2. The maximum absolute atomic E-state index is 12.6. The molecule has 28 heavy (non-hydrogen) atoms. The van der Waals surface area contributed by atoms with Gasteiger partial charge in [0.05, 0.1) is 17.5 Å². The first-order valence-electron chi connectivity index (χ1n) is 9.37. The van der Waals surface area contributed by atoms with Crippen LogP contribution in [0.5, 0.6) is 0 Å². The molecule has 1 aliphatic rings. The van der Waals surface area contributed by atoms with E-state index in [-0.39, 0.29) is 24.6 Å². The van der Waals surface area contributed by atoms with E-state index in [1.807, 2.05) is 6.07 Å². The Morgan fingerprint density at radius 1 is 1.32 bits per heavy atom. The second-order valence-corrected chi connectivity index (χ2v) is 6.95. The summed E-state index contributed by atoms with van der Waals surface area (Å²) in [6, 6.07) is 5.05. The van der Waals surface area contributed by atoms with Crippen molar-refractivity contribution < 1.29 is 14.7 Å². The van der Waals surface area contributed by atoms with Gasteiger partial charge in [0, 0.05) is 19.3 Å². The number of carboxylic acid groups (broad SMARTS) is 1. The Morgan fingerprint density at radius 2 is 2.07 bits per heavy atom. The van der Waals surface area contributed by atoms with Crippen molar-refractivity contribution in [3.05, 3.63) is 40.1 Å². The van der Waals surface area contributed by atoms with Gasteiger partial charge in [0.15, 0.2) is 0 Å². The zero-order chi connectivity index (χ0) is 20.1. The van der Waals surface area contributed by atoms with Gasteiger partial charge in [-0.25, -0.2) is 4.79 Å². The van der Waals surface area contributed by atoms with Gasteiger partial charge in [-0.15, -0.1) is 0 Å². The maximum atomic E-state index is 12.6. The van der Waals surface area contributed by atoms with E-state index in [4.69, 9.17) is 5.11 Å². The second kappa shape index (κ2) is 8.71.